The first-order chi connectivity index (χ1) is 11.8. The number of hydrogen-bond acceptors (Lipinski definition) is 4. The molecule has 1 aliphatic rings. The molecule has 7 nitrogen and oxygen atoms in total. The zero-order chi connectivity index (χ0) is 18.6. The molecule has 3 N–H and O–H groups in total. The summed E-state index contributed by atoms with van der Waals surface area (Å²) < 4.78 is 18.7. The Morgan fingerprint density at radius 3 is 2.48 bits per heavy atom. The number of ether oxygens (including phenoxy) is 1. The lowest BCUT2D eigenvalue weighted by atomic mass is 10.0. The van der Waals surface area contributed by atoms with Gasteiger partial charge in [-0.3, -0.25) is 4.79 Å². The van der Waals surface area contributed by atoms with Gasteiger partial charge < -0.3 is 25.2 Å². The quantitative estimate of drug-likeness (QED) is 0.753. The minimum absolute atomic E-state index is 0.159. The lowest BCUT2D eigenvalue weighted by molar-refractivity contribution is -0.136. The summed E-state index contributed by atoms with van der Waals surface area (Å²) in [6.07, 6.45) is -0.344. The van der Waals surface area contributed by atoms with Crippen LogP contribution in [0.4, 0.5) is 9.18 Å². The fourth-order valence-electron chi connectivity index (χ4n) is 2.81. The Labute approximate surface area is 145 Å². The Morgan fingerprint density at radius 1 is 1.32 bits per heavy atom. The summed E-state index contributed by atoms with van der Waals surface area (Å²) in [7, 11) is 0. The molecular weight excluding hydrogens is 331 g/mol. The van der Waals surface area contributed by atoms with E-state index in [9.17, 15) is 19.1 Å². The average Bonchev–Trinajstić information content (AvgIpc) is 2.55. The van der Waals surface area contributed by atoms with E-state index in [-0.39, 0.29) is 29.4 Å². The molecule has 138 valence electrons. The predicted octanol–water partition coefficient (Wildman–Crippen LogP) is 2.19. The van der Waals surface area contributed by atoms with Crippen molar-refractivity contribution in [3.63, 3.8) is 0 Å². The number of amides is 2. The van der Waals surface area contributed by atoms with Crippen LogP contribution in [0.3, 0.4) is 0 Å². The number of carboxylic acid groups (broad SMARTS) is 1. The molecular formula is C17H23FN2O5. The largest absolute Gasteiger partial charge is 0.504 e. The summed E-state index contributed by atoms with van der Waals surface area (Å²) >= 11 is 0. The number of nitrogens with one attached hydrogen (secondary N) is 1. The average molecular weight is 354 g/mol. The van der Waals surface area contributed by atoms with E-state index in [0.29, 0.717) is 25.9 Å². The number of phenolic OH excluding ortho intramolecular Hbond substituents is 1. The van der Waals surface area contributed by atoms with Crippen molar-refractivity contribution in [3.05, 3.63) is 24.0 Å². The third-order valence-corrected chi connectivity index (χ3v) is 4.18. The standard InChI is InChI=1S/C17H23FN2O5/c1-10(2)15(19-17(23)24)16(22)20-7-5-12(6-8-20)25-14-4-3-11(18)9-13(14)21/h3-4,9-10,12,15,19,21H,5-8H2,1-2H3,(H,23,24)/t15-/m0/s1. The molecule has 1 atom stereocenters. The van der Waals surface area contributed by atoms with Crippen LogP contribution in [0.15, 0.2) is 18.2 Å². The molecule has 2 amide bonds. The minimum Gasteiger partial charge on any atom is -0.504 e. The van der Waals surface area contributed by atoms with E-state index in [1.54, 1.807) is 18.7 Å². The van der Waals surface area contributed by atoms with E-state index in [4.69, 9.17) is 9.84 Å². The molecule has 0 radical (unpaired) electrons. The van der Waals surface area contributed by atoms with Gasteiger partial charge in [-0.15, -0.1) is 0 Å². The Bertz CT molecular complexity index is 629. The Kier molecular flexibility index (Phi) is 6.06. The summed E-state index contributed by atoms with van der Waals surface area (Å²) in [5.74, 6) is -1.01. The van der Waals surface area contributed by atoms with Crippen LogP contribution >= 0.6 is 0 Å². The summed E-state index contributed by atoms with van der Waals surface area (Å²) in [6, 6.07) is 2.78. The highest BCUT2D eigenvalue weighted by molar-refractivity contribution is 5.85. The molecule has 25 heavy (non-hydrogen) atoms. The maximum Gasteiger partial charge on any atom is 0.405 e. The van der Waals surface area contributed by atoms with E-state index in [0.717, 1.165) is 6.07 Å². The topological polar surface area (TPSA) is 99.1 Å². The number of carbonyl (C=O) groups excluding carboxylic acids is 1. The van der Waals surface area contributed by atoms with Gasteiger partial charge >= 0.3 is 6.09 Å². The van der Waals surface area contributed by atoms with Crippen LogP contribution in [0.5, 0.6) is 11.5 Å². The van der Waals surface area contributed by atoms with Crippen molar-refractivity contribution in [2.24, 2.45) is 5.92 Å². The maximum absolute atomic E-state index is 13.0. The molecule has 0 saturated carbocycles. The number of rotatable bonds is 5. The lowest BCUT2D eigenvalue weighted by Gasteiger charge is -2.35. The van der Waals surface area contributed by atoms with Crippen molar-refractivity contribution in [3.8, 4) is 11.5 Å². The van der Waals surface area contributed by atoms with Gasteiger partial charge in [0.15, 0.2) is 11.5 Å². The number of carbonyl (C=O) groups is 2. The molecule has 1 aromatic rings. The molecule has 0 aliphatic carbocycles. The molecule has 1 fully saturated rings. The van der Waals surface area contributed by atoms with Gasteiger partial charge in [-0.05, 0) is 18.1 Å². The van der Waals surface area contributed by atoms with E-state index >= 15 is 0 Å². The SMILES string of the molecule is CC(C)[C@H](NC(=O)O)C(=O)N1CCC(Oc2ccc(F)cc2O)CC1. The number of likely N-dealkylation sites (tertiary alicyclic amines) is 1. The smallest absolute Gasteiger partial charge is 0.405 e. The summed E-state index contributed by atoms with van der Waals surface area (Å²) in [6.45, 7) is 4.42. The third-order valence-electron chi connectivity index (χ3n) is 4.18. The van der Waals surface area contributed by atoms with Gasteiger partial charge in [0, 0.05) is 32.0 Å². The van der Waals surface area contributed by atoms with Crippen LogP contribution < -0.4 is 10.1 Å². The van der Waals surface area contributed by atoms with Gasteiger partial charge in [0.05, 0.1) is 0 Å². The number of aromatic hydroxyl groups is 1. The molecule has 1 heterocycles. The first-order valence-electron chi connectivity index (χ1n) is 8.21. The van der Waals surface area contributed by atoms with Crippen LogP contribution in [-0.2, 0) is 4.79 Å². The second-order valence-corrected chi connectivity index (χ2v) is 6.43. The molecule has 1 saturated heterocycles. The van der Waals surface area contributed by atoms with Crippen LogP contribution in [0.25, 0.3) is 0 Å². The zero-order valence-electron chi connectivity index (χ0n) is 14.2. The minimum atomic E-state index is -1.22. The first-order valence-corrected chi connectivity index (χ1v) is 8.21. The van der Waals surface area contributed by atoms with E-state index in [1.165, 1.54) is 12.1 Å². The molecule has 8 heteroatoms. The van der Waals surface area contributed by atoms with Crippen molar-refractivity contribution in [2.45, 2.75) is 38.8 Å². The normalized spacial score (nSPS) is 16.6. The predicted molar refractivity (Wildman–Crippen MR) is 88.1 cm³/mol. The Hall–Kier alpha value is -2.51. The second-order valence-electron chi connectivity index (χ2n) is 6.43. The molecule has 0 bridgehead atoms. The molecule has 2 rings (SSSR count). The molecule has 0 spiro atoms. The van der Waals surface area contributed by atoms with Gasteiger partial charge in [0.1, 0.15) is 18.0 Å². The Balaban J connectivity index is 1.92. The van der Waals surface area contributed by atoms with E-state index in [1.807, 2.05) is 0 Å². The van der Waals surface area contributed by atoms with Crippen LogP contribution in [0.2, 0.25) is 0 Å². The van der Waals surface area contributed by atoms with Gasteiger partial charge in [-0.2, -0.15) is 0 Å². The number of piperidine rings is 1. The van der Waals surface area contributed by atoms with Gasteiger partial charge in [-0.1, -0.05) is 13.8 Å². The molecule has 0 aromatic heterocycles. The lowest BCUT2D eigenvalue weighted by Crippen LogP contribution is -2.53. The van der Waals surface area contributed by atoms with Crippen LogP contribution in [0, 0.1) is 11.7 Å². The fourth-order valence-corrected chi connectivity index (χ4v) is 2.81. The zero-order valence-corrected chi connectivity index (χ0v) is 14.2. The van der Waals surface area contributed by atoms with Crippen molar-refractivity contribution >= 4 is 12.0 Å². The third kappa shape index (κ3) is 4.98. The number of phenols is 1. The highest BCUT2D eigenvalue weighted by Crippen LogP contribution is 2.29. The molecule has 1 aliphatic heterocycles. The number of hydrogen-bond donors (Lipinski definition) is 3. The van der Waals surface area contributed by atoms with Gasteiger partial charge in [0.25, 0.3) is 0 Å². The molecule has 1 aromatic carbocycles. The second kappa shape index (κ2) is 8.04. The summed E-state index contributed by atoms with van der Waals surface area (Å²) in [5.41, 5.74) is 0. The van der Waals surface area contributed by atoms with Crippen molar-refractivity contribution in [1.29, 1.82) is 0 Å². The van der Waals surface area contributed by atoms with Crippen LogP contribution in [0.1, 0.15) is 26.7 Å². The highest BCUT2D eigenvalue weighted by atomic mass is 19.1. The van der Waals surface area contributed by atoms with Crippen molar-refractivity contribution in [1.82, 2.24) is 10.2 Å². The summed E-state index contributed by atoms with van der Waals surface area (Å²) in [4.78, 5) is 25.0. The number of nitrogens with zero attached hydrogens (tertiary/aromatic N) is 1. The van der Waals surface area contributed by atoms with Gasteiger partial charge in [-0.25, -0.2) is 9.18 Å². The first kappa shape index (κ1) is 18.8. The van der Waals surface area contributed by atoms with Crippen LogP contribution in [-0.4, -0.2) is 52.3 Å². The van der Waals surface area contributed by atoms with Crippen molar-refractivity contribution < 1.29 is 28.9 Å². The summed E-state index contributed by atoms with van der Waals surface area (Å²) in [5, 5.41) is 20.8. The fraction of sp³-hybridized carbons (Fsp3) is 0.529. The number of halogens is 1. The maximum atomic E-state index is 13.0. The van der Waals surface area contributed by atoms with Crippen molar-refractivity contribution in [2.75, 3.05) is 13.1 Å². The van der Waals surface area contributed by atoms with Gasteiger partial charge in [0.2, 0.25) is 5.91 Å². The van der Waals surface area contributed by atoms with E-state index in [2.05, 4.69) is 5.32 Å². The molecule has 0 unspecified atom stereocenters. The highest BCUT2D eigenvalue weighted by Gasteiger charge is 2.31. The number of benzene rings is 1. The Morgan fingerprint density at radius 2 is 1.96 bits per heavy atom. The monoisotopic (exact) mass is 354 g/mol. The van der Waals surface area contributed by atoms with E-state index < -0.39 is 18.0 Å².